The van der Waals surface area contributed by atoms with Crippen molar-refractivity contribution in [2.75, 3.05) is 0 Å². The highest BCUT2D eigenvalue weighted by Crippen LogP contribution is 2.30. The van der Waals surface area contributed by atoms with E-state index in [1.807, 2.05) is 25.1 Å². The lowest BCUT2D eigenvalue weighted by Crippen LogP contribution is -1.99. The van der Waals surface area contributed by atoms with Gasteiger partial charge in [-0.25, -0.2) is 22.0 Å². The third-order valence-electron chi connectivity index (χ3n) is 5.94. The second kappa shape index (κ2) is 10.2. The standard InChI is InChI=1S/C29H23F5/c1-2-3-4-5-18-7-12-23(25(30)14-18)21-11-13-24-22(17-21)10-9-20(28(24)33)8-6-19-15-26(31)29(34)27(32)16-19/h2-3,7,9-17H,4-6,8H2,1H3/b3-2+. The van der Waals surface area contributed by atoms with Crippen LogP contribution in [-0.2, 0) is 19.3 Å². The average molecular weight is 466 g/mol. The summed E-state index contributed by atoms with van der Waals surface area (Å²) in [5.74, 6) is -4.81. The minimum absolute atomic E-state index is 0.153. The quantitative estimate of drug-likeness (QED) is 0.146. The summed E-state index contributed by atoms with van der Waals surface area (Å²) in [6.45, 7) is 1.95. The SMILES string of the molecule is C/C=C/CCc1ccc(-c2ccc3c(F)c(CCc4cc(F)c(F)c(F)c4)ccc3c2)c(F)c1. The smallest absolute Gasteiger partial charge is 0.194 e. The van der Waals surface area contributed by atoms with Crippen molar-refractivity contribution >= 4 is 10.8 Å². The summed E-state index contributed by atoms with van der Waals surface area (Å²) in [5, 5.41) is 0.996. The number of rotatable bonds is 7. The fourth-order valence-electron chi connectivity index (χ4n) is 4.09. The Morgan fingerprint density at radius 2 is 1.38 bits per heavy atom. The molecule has 0 saturated carbocycles. The van der Waals surface area contributed by atoms with Gasteiger partial charge in [0.05, 0.1) is 0 Å². The molecule has 0 N–H and O–H groups in total. The Bertz CT molecular complexity index is 1350. The van der Waals surface area contributed by atoms with Crippen LogP contribution in [0.25, 0.3) is 21.9 Å². The normalized spacial score (nSPS) is 11.6. The van der Waals surface area contributed by atoms with Crippen molar-refractivity contribution in [3.63, 3.8) is 0 Å². The number of fused-ring (bicyclic) bond motifs is 1. The van der Waals surface area contributed by atoms with Crippen LogP contribution >= 0.6 is 0 Å². The van der Waals surface area contributed by atoms with Crippen molar-refractivity contribution in [3.05, 3.63) is 119 Å². The van der Waals surface area contributed by atoms with Crippen LogP contribution in [0.15, 0.2) is 72.8 Å². The fraction of sp³-hybridized carbons (Fsp3) is 0.172. The topological polar surface area (TPSA) is 0 Å². The highest BCUT2D eigenvalue weighted by Gasteiger charge is 2.13. The van der Waals surface area contributed by atoms with Gasteiger partial charge in [-0.15, -0.1) is 0 Å². The fourth-order valence-corrected chi connectivity index (χ4v) is 4.09. The van der Waals surface area contributed by atoms with Crippen LogP contribution in [0, 0.1) is 29.1 Å². The predicted molar refractivity (Wildman–Crippen MR) is 126 cm³/mol. The highest BCUT2D eigenvalue weighted by molar-refractivity contribution is 5.88. The molecular weight excluding hydrogens is 443 g/mol. The van der Waals surface area contributed by atoms with Crippen molar-refractivity contribution in [2.45, 2.75) is 32.6 Å². The van der Waals surface area contributed by atoms with Crippen molar-refractivity contribution in [2.24, 2.45) is 0 Å². The first-order valence-corrected chi connectivity index (χ1v) is 11.1. The second-order valence-corrected chi connectivity index (χ2v) is 8.27. The number of aryl methyl sites for hydroxylation is 3. The third-order valence-corrected chi connectivity index (χ3v) is 5.94. The van der Waals surface area contributed by atoms with E-state index in [0.29, 0.717) is 27.5 Å². The lowest BCUT2D eigenvalue weighted by molar-refractivity contribution is 0.445. The third kappa shape index (κ3) is 5.04. The van der Waals surface area contributed by atoms with Crippen LogP contribution in [0.3, 0.4) is 0 Å². The molecule has 34 heavy (non-hydrogen) atoms. The van der Waals surface area contributed by atoms with E-state index < -0.39 is 23.3 Å². The Morgan fingerprint density at radius 1 is 0.647 bits per heavy atom. The molecule has 0 unspecified atom stereocenters. The molecule has 4 rings (SSSR count). The maximum absolute atomic E-state index is 15.1. The van der Waals surface area contributed by atoms with Gasteiger partial charge in [0.1, 0.15) is 11.6 Å². The number of benzene rings is 4. The molecule has 5 heteroatoms. The van der Waals surface area contributed by atoms with Crippen molar-refractivity contribution < 1.29 is 22.0 Å². The molecule has 0 radical (unpaired) electrons. The molecule has 0 fully saturated rings. The molecule has 0 spiro atoms. The lowest BCUT2D eigenvalue weighted by atomic mass is 9.96. The van der Waals surface area contributed by atoms with E-state index in [4.69, 9.17) is 0 Å². The van der Waals surface area contributed by atoms with Gasteiger partial charge in [-0.2, -0.15) is 0 Å². The molecule has 4 aromatic rings. The Hall–Kier alpha value is -3.47. The molecule has 174 valence electrons. The summed E-state index contributed by atoms with van der Waals surface area (Å²) in [5.41, 5.74) is 2.63. The van der Waals surface area contributed by atoms with E-state index in [-0.39, 0.29) is 24.2 Å². The van der Waals surface area contributed by atoms with Gasteiger partial charge in [0.25, 0.3) is 0 Å². The van der Waals surface area contributed by atoms with E-state index in [1.165, 1.54) is 6.07 Å². The van der Waals surface area contributed by atoms with Crippen LogP contribution < -0.4 is 0 Å². The Balaban J connectivity index is 1.56. The minimum atomic E-state index is -1.52. The molecule has 0 amide bonds. The molecule has 0 aliphatic rings. The van der Waals surface area contributed by atoms with Gasteiger partial charge in [0.2, 0.25) is 0 Å². The van der Waals surface area contributed by atoms with Crippen LogP contribution in [-0.4, -0.2) is 0 Å². The molecule has 0 atom stereocenters. The molecule has 0 aliphatic carbocycles. The van der Waals surface area contributed by atoms with Gasteiger partial charge in [-0.1, -0.05) is 48.6 Å². The summed E-state index contributed by atoms with van der Waals surface area (Å²) in [6.07, 6.45) is 5.95. The number of halogens is 5. The molecule has 0 bridgehead atoms. The summed E-state index contributed by atoms with van der Waals surface area (Å²) >= 11 is 0. The van der Waals surface area contributed by atoms with Crippen LogP contribution in [0.4, 0.5) is 22.0 Å². The van der Waals surface area contributed by atoms with E-state index in [1.54, 1.807) is 36.4 Å². The molecule has 0 saturated heterocycles. The first-order chi connectivity index (χ1) is 16.4. The zero-order valence-electron chi connectivity index (χ0n) is 18.6. The molecule has 4 aromatic carbocycles. The van der Waals surface area contributed by atoms with E-state index in [9.17, 15) is 17.6 Å². The number of allylic oxidation sites excluding steroid dienone is 2. The number of hydrogen-bond donors (Lipinski definition) is 0. The van der Waals surface area contributed by atoms with Crippen LogP contribution in [0.5, 0.6) is 0 Å². The van der Waals surface area contributed by atoms with E-state index in [0.717, 1.165) is 30.5 Å². The molecule has 0 aliphatic heterocycles. The molecule has 0 heterocycles. The highest BCUT2D eigenvalue weighted by atomic mass is 19.2. The van der Waals surface area contributed by atoms with Gasteiger partial charge in [0.15, 0.2) is 17.5 Å². The summed E-state index contributed by atoms with van der Waals surface area (Å²) < 4.78 is 69.9. The first-order valence-electron chi connectivity index (χ1n) is 11.1. The monoisotopic (exact) mass is 466 g/mol. The van der Waals surface area contributed by atoms with Gasteiger partial charge >= 0.3 is 0 Å². The van der Waals surface area contributed by atoms with Crippen molar-refractivity contribution in [3.8, 4) is 11.1 Å². The Labute approximate surface area is 195 Å². The molecule has 0 aromatic heterocycles. The zero-order chi connectivity index (χ0) is 24.2. The van der Waals surface area contributed by atoms with E-state index in [2.05, 4.69) is 0 Å². The lowest BCUT2D eigenvalue weighted by Gasteiger charge is -2.10. The molecular formula is C29H23F5. The Kier molecular flexibility index (Phi) is 7.11. The van der Waals surface area contributed by atoms with Gasteiger partial charge < -0.3 is 0 Å². The maximum atomic E-state index is 15.1. The maximum Gasteiger partial charge on any atom is 0.194 e. The first kappa shape index (κ1) is 23.7. The zero-order valence-corrected chi connectivity index (χ0v) is 18.6. The van der Waals surface area contributed by atoms with E-state index >= 15 is 4.39 Å². The van der Waals surface area contributed by atoms with Gasteiger partial charge in [-0.05, 0) is 84.5 Å². The van der Waals surface area contributed by atoms with Crippen molar-refractivity contribution in [1.82, 2.24) is 0 Å². The summed E-state index contributed by atoms with van der Waals surface area (Å²) in [4.78, 5) is 0. The minimum Gasteiger partial charge on any atom is -0.206 e. The Morgan fingerprint density at radius 3 is 2.09 bits per heavy atom. The molecule has 0 nitrogen and oxygen atoms in total. The van der Waals surface area contributed by atoms with Crippen LogP contribution in [0.2, 0.25) is 0 Å². The van der Waals surface area contributed by atoms with Gasteiger partial charge in [-0.3, -0.25) is 0 Å². The van der Waals surface area contributed by atoms with Gasteiger partial charge in [0, 0.05) is 10.9 Å². The van der Waals surface area contributed by atoms with Crippen LogP contribution in [0.1, 0.15) is 30.0 Å². The summed E-state index contributed by atoms with van der Waals surface area (Å²) in [6, 6.07) is 15.4. The average Bonchev–Trinajstić information content (AvgIpc) is 2.82. The second-order valence-electron chi connectivity index (χ2n) is 8.27. The number of hydrogen-bond acceptors (Lipinski definition) is 0. The summed E-state index contributed by atoms with van der Waals surface area (Å²) in [7, 11) is 0. The van der Waals surface area contributed by atoms with Crippen molar-refractivity contribution in [1.29, 1.82) is 0 Å². The largest absolute Gasteiger partial charge is 0.206 e. The predicted octanol–water partition coefficient (Wildman–Crippen LogP) is 8.50.